The second-order valence-electron chi connectivity index (χ2n) is 4.21. The maximum atomic E-state index is 10.9. The monoisotopic (exact) mass is 236 g/mol. The van der Waals surface area contributed by atoms with Crippen LogP contribution in [0.15, 0.2) is 12.3 Å². The van der Waals surface area contributed by atoms with E-state index in [-0.39, 0.29) is 5.69 Å². The van der Waals surface area contributed by atoms with E-state index in [2.05, 4.69) is 9.97 Å². The molecule has 0 amide bonds. The van der Waals surface area contributed by atoms with E-state index in [9.17, 15) is 4.79 Å². The first-order valence-electron chi connectivity index (χ1n) is 5.89. The summed E-state index contributed by atoms with van der Waals surface area (Å²) in [6.07, 6.45) is 5.36. The van der Waals surface area contributed by atoms with E-state index in [0.29, 0.717) is 12.4 Å². The maximum Gasteiger partial charge on any atom is 0.354 e. The zero-order valence-electron chi connectivity index (χ0n) is 9.85. The van der Waals surface area contributed by atoms with Crippen LogP contribution in [0.2, 0.25) is 0 Å². The van der Waals surface area contributed by atoms with Crippen LogP contribution in [0.5, 0.6) is 0 Å². The fraction of sp³-hybridized carbons (Fsp3) is 0.583. The molecule has 1 N–H and O–H groups in total. The zero-order chi connectivity index (χ0) is 12.3. The fourth-order valence-electron chi connectivity index (χ4n) is 2.35. The molecule has 1 aromatic rings. The Kier molecular flexibility index (Phi) is 3.38. The third kappa shape index (κ3) is 2.29. The number of rotatable bonds is 4. The first kappa shape index (κ1) is 12.0. The van der Waals surface area contributed by atoms with Gasteiger partial charge < -0.3 is 9.84 Å². The van der Waals surface area contributed by atoms with Crippen LogP contribution in [-0.4, -0.2) is 27.7 Å². The van der Waals surface area contributed by atoms with Crippen molar-refractivity contribution in [1.29, 1.82) is 0 Å². The molecule has 0 aromatic carbocycles. The van der Waals surface area contributed by atoms with Gasteiger partial charge in [0.15, 0.2) is 11.5 Å². The summed E-state index contributed by atoms with van der Waals surface area (Å²) >= 11 is 0. The molecule has 92 valence electrons. The van der Waals surface area contributed by atoms with Crippen molar-refractivity contribution < 1.29 is 14.6 Å². The molecule has 1 aromatic heterocycles. The number of carbonyl (C=O) groups is 1. The molecular weight excluding hydrogens is 220 g/mol. The highest BCUT2D eigenvalue weighted by molar-refractivity contribution is 5.85. The van der Waals surface area contributed by atoms with Gasteiger partial charge in [0, 0.05) is 12.8 Å². The summed E-state index contributed by atoms with van der Waals surface area (Å²) in [6, 6.07) is 1.40. The molecule has 1 heterocycles. The predicted octanol–water partition coefficient (Wildman–Crippen LogP) is 1.98. The molecule has 1 saturated carbocycles. The summed E-state index contributed by atoms with van der Waals surface area (Å²) in [5.74, 6) is -0.518. The van der Waals surface area contributed by atoms with E-state index >= 15 is 0 Å². The highest BCUT2D eigenvalue weighted by atomic mass is 16.5. The maximum absolute atomic E-state index is 10.9. The number of aromatic nitrogens is 2. The Labute approximate surface area is 99.9 Å². The van der Waals surface area contributed by atoms with Crippen molar-refractivity contribution in [2.75, 3.05) is 6.61 Å². The van der Waals surface area contributed by atoms with Crippen LogP contribution < -0.4 is 0 Å². The van der Waals surface area contributed by atoms with E-state index in [1.807, 2.05) is 6.92 Å². The third-order valence-corrected chi connectivity index (χ3v) is 3.11. The van der Waals surface area contributed by atoms with Gasteiger partial charge in [-0.25, -0.2) is 14.8 Å². The summed E-state index contributed by atoms with van der Waals surface area (Å²) in [7, 11) is 0. The van der Waals surface area contributed by atoms with Gasteiger partial charge in [-0.3, -0.25) is 0 Å². The minimum atomic E-state index is -1.03. The van der Waals surface area contributed by atoms with Gasteiger partial charge >= 0.3 is 5.97 Å². The van der Waals surface area contributed by atoms with Crippen molar-refractivity contribution in [2.45, 2.75) is 38.2 Å². The minimum Gasteiger partial charge on any atom is -0.477 e. The summed E-state index contributed by atoms with van der Waals surface area (Å²) in [5.41, 5.74) is -0.443. The Hall–Kier alpha value is -1.49. The molecule has 0 unspecified atom stereocenters. The van der Waals surface area contributed by atoms with Gasteiger partial charge in [-0.2, -0.15) is 0 Å². The Balaban J connectivity index is 2.36. The highest BCUT2D eigenvalue weighted by Gasteiger charge is 2.39. The van der Waals surface area contributed by atoms with Crippen molar-refractivity contribution in [3.05, 3.63) is 23.8 Å². The summed E-state index contributed by atoms with van der Waals surface area (Å²) in [4.78, 5) is 19.2. The first-order valence-corrected chi connectivity index (χ1v) is 5.89. The molecule has 2 rings (SSSR count). The SMILES string of the molecule is CCOC1(c2nccc(C(=O)O)n2)CCCC1. The highest BCUT2D eigenvalue weighted by Crippen LogP contribution is 2.40. The zero-order valence-corrected chi connectivity index (χ0v) is 9.85. The van der Waals surface area contributed by atoms with Crippen LogP contribution in [0.3, 0.4) is 0 Å². The number of hydrogen-bond donors (Lipinski definition) is 1. The van der Waals surface area contributed by atoms with Crippen LogP contribution in [0.1, 0.15) is 48.9 Å². The lowest BCUT2D eigenvalue weighted by molar-refractivity contribution is -0.0458. The van der Waals surface area contributed by atoms with Crippen LogP contribution in [-0.2, 0) is 10.3 Å². The van der Waals surface area contributed by atoms with Crippen LogP contribution >= 0.6 is 0 Å². The smallest absolute Gasteiger partial charge is 0.354 e. The molecule has 0 radical (unpaired) electrons. The number of hydrogen-bond acceptors (Lipinski definition) is 4. The Morgan fingerprint density at radius 1 is 1.53 bits per heavy atom. The molecule has 0 bridgehead atoms. The van der Waals surface area contributed by atoms with Gasteiger partial charge in [0.2, 0.25) is 0 Å². The molecule has 1 aliphatic carbocycles. The van der Waals surface area contributed by atoms with Gasteiger partial charge in [0.25, 0.3) is 0 Å². The predicted molar refractivity (Wildman–Crippen MR) is 60.8 cm³/mol. The third-order valence-electron chi connectivity index (χ3n) is 3.11. The van der Waals surface area contributed by atoms with Gasteiger partial charge in [-0.1, -0.05) is 0 Å². The number of ether oxygens (including phenoxy) is 1. The summed E-state index contributed by atoms with van der Waals surface area (Å²) in [6.45, 7) is 2.52. The molecule has 0 aliphatic heterocycles. The average Bonchev–Trinajstić information content (AvgIpc) is 2.80. The number of aromatic carboxylic acids is 1. The average molecular weight is 236 g/mol. The van der Waals surface area contributed by atoms with Crippen molar-refractivity contribution in [3.63, 3.8) is 0 Å². The van der Waals surface area contributed by atoms with E-state index in [4.69, 9.17) is 9.84 Å². The summed E-state index contributed by atoms with van der Waals surface area (Å²) in [5, 5.41) is 8.93. The van der Waals surface area contributed by atoms with Gasteiger partial charge in [0.1, 0.15) is 5.60 Å². The Morgan fingerprint density at radius 3 is 2.82 bits per heavy atom. The van der Waals surface area contributed by atoms with Crippen LogP contribution in [0, 0.1) is 0 Å². The number of carboxylic acid groups (broad SMARTS) is 1. The van der Waals surface area contributed by atoms with Gasteiger partial charge in [-0.15, -0.1) is 0 Å². The van der Waals surface area contributed by atoms with E-state index in [1.54, 1.807) is 0 Å². The molecule has 5 nitrogen and oxygen atoms in total. The van der Waals surface area contributed by atoms with Crippen LogP contribution in [0.4, 0.5) is 0 Å². The fourth-order valence-corrected chi connectivity index (χ4v) is 2.35. The lowest BCUT2D eigenvalue weighted by Crippen LogP contribution is -2.29. The first-order chi connectivity index (χ1) is 8.18. The molecular formula is C12H16N2O3. The van der Waals surface area contributed by atoms with Crippen molar-refractivity contribution in [3.8, 4) is 0 Å². The molecule has 1 fully saturated rings. The molecule has 1 aliphatic rings. The van der Waals surface area contributed by atoms with Crippen molar-refractivity contribution in [1.82, 2.24) is 9.97 Å². The standard InChI is InChI=1S/C12H16N2O3/c1-2-17-12(6-3-4-7-12)11-13-8-5-9(14-11)10(15)16/h5,8H,2-4,6-7H2,1H3,(H,15,16). The lowest BCUT2D eigenvalue weighted by Gasteiger charge is -2.27. The van der Waals surface area contributed by atoms with Gasteiger partial charge in [-0.05, 0) is 38.7 Å². The Bertz CT molecular complexity index is 414. The van der Waals surface area contributed by atoms with Crippen LogP contribution in [0.25, 0.3) is 0 Å². The lowest BCUT2D eigenvalue weighted by atomic mass is 10.0. The Morgan fingerprint density at radius 2 is 2.24 bits per heavy atom. The number of carboxylic acids is 1. The quantitative estimate of drug-likeness (QED) is 0.865. The van der Waals surface area contributed by atoms with Gasteiger partial charge in [0.05, 0.1) is 0 Å². The molecule has 0 atom stereocenters. The van der Waals surface area contributed by atoms with Crippen molar-refractivity contribution >= 4 is 5.97 Å². The largest absolute Gasteiger partial charge is 0.477 e. The van der Waals surface area contributed by atoms with E-state index in [1.165, 1.54) is 12.3 Å². The summed E-state index contributed by atoms with van der Waals surface area (Å²) < 4.78 is 5.79. The topological polar surface area (TPSA) is 72.3 Å². The second-order valence-corrected chi connectivity index (χ2v) is 4.21. The normalized spacial score (nSPS) is 18.2. The molecule has 0 saturated heterocycles. The second kappa shape index (κ2) is 4.79. The van der Waals surface area contributed by atoms with E-state index < -0.39 is 11.6 Å². The van der Waals surface area contributed by atoms with E-state index in [0.717, 1.165) is 25.7 Å². The molecule has 0 spiro atoms. The molecule has 5 heteroatoms. The van der Waals surface area contributed by atoms with Crippen molar-refractivity contribution in [2.24, 2.45) is 0 Å². The minimum absolute atomic E-state index is 0.0287. The number of nitrogens with zero attached hydrogens (tertiary/aromatic N) is 2. The molecule has 17 heavy (non-hydrogen) atoms.